The molecule has 0 fully saturated rings. The Kier molecular flexibility index (Phi) is 3.21. The molecule has 0 aromatic carbocycles. The van der Waals surface area contributed by atoms with Gasteiger partial charge in [0.15, 0.2) is 0 Å². The number of methoxy groups -OCH3 is 1. The maximum Gasteiger partial charge on any atom is 0.313 e. The molecule has 0 aliphatic heterocycles. The highest BCUT2D eigenvalue weighted by Crippen LogP contribution is 2.39. The lowest BCUT2D eigenvalue weighted by molar-refractivity contribution is -0.151. The Morgan fingerprint density at radius 1 is 1.64 bits per heavy atom. The molecule has 1 heterocycles. The zero-order valence-electron chi connectivity index (χ0n) is 8.41. The number of alkyl halides is 1. The Morgan fingerprint density at radius 2 is 2.29 bits per heavy atom. The first-order valence-electron chi connectivity index (χ1n) is 4.26. The first-order chi connectivity index (χ1) is 6.50. The number of ether oxygens (including phenoxy) is 1. The van der Waals surface area contributed by atoms with E-state index in [4.69, 9.17) is 16.0 Å². The van der Waals surface area contributed by atoms with Gasteiger partial charge in [0.2, 0.25) is 0 Å². The minimum absolute atomic E-state index is 0.353. The minimum atomic E-state index is -0.797. The fourth-order valence-electron chi connectivity index (χ4n) is 1.16. The van der Waals surface area contributed by atoms with Crippen molar-refractivity contribution in [2.75, 3.05) is 7.11 Å². The maximum atomic E-state index is 11.4. The highest BCUT2D eigenvalue weighted by molar-refractivity contribution is 6.22. The largest absolute Gasteiger partial charge is 0.469 e. The Labute approximate surface area is 88.0 Å². The van der Waals surface area contributed by atoms with Crippen LogP contribution in [-0.4, -0.2) is 13.1 Å². The van der Waals surface area contributed by atoms with Gasteiger partial charge in [0.05, 0.1) is 18.8 Å². The number of rotatable bonds is 3. The molecule has 3 nitrogen and oxygen atoms in total. The van der Waals surface area contributed by atoms with Gasteiger partial charge in [-0.25, -0.2) is 0 Å². The predicted octanol–water partition coefficient (Wildman–Crippen LogP) is 2.76. The van der Waals surface area contributed by atoms with E-state index in [9.17, 15) is 4.79 Å². The Morgan fingerprint density at radius 3 is 2.71 bits per heavy atom. The van der Waals surface area contributed by atoms with Crippen LogP contribution in [0.5, 0.6) is 0 Å². The number of hydrogen-bond donors (Lipinski definition) is 0. The average molecular weight is 217 g/mol. The summed E-state index contributed by atoms with van der Waals surface area (Å²) in [7, 11) is 1.34. The van der Waals surface area contributed by atoms with Crippen molar-refractivity contribution in [1.29, 1.82) is 0 Å². The molecule has 0 aliphatic rings. The number of carbonyl (C=O) groups is 1. The lowest BCUT2D eigenvalue weighted by Crippen LogP contribution is -2.29. The minimum Gasteiger partial charge on any atom is -0.469 e. The van der Waals surface area contributed by atoms with Crippen LogP contribution in [0.2, 0.25) is 0 Å². The molecular weight excluding hydrogens is 204 g/mol. The van der Waals surface area contributed by atoms with Crippen molar-refractivity contribution < 1.29 is 13.9 Å². The van der Waals surface area contributed by atoms with Gasteiger partial charge in [-0.3, -0.25) is 4.79 Å². The SMILES string of the molecule is COC(=O)C(C)(C)C(Cl)c1ccco1. The fourth-order valence-corrected chi connectivity index (χ4v) is 1.37. The monoisotopic (exact) mass is 216 g/mol. The van der Waals surface area contributed by atoms with E-state index in [0.29, 0.717) is 5.76 Å². The molecule has 4 heteroatoms. The summed E-state index contributed by atoms with van der Waals surface area (Å²) in [6.07, 6.45) is 1.53. The van der Waals surface area contributed by atoms with Crippen LogP contribution in [0.15, 0.2) is 22.8 Å². The van der Waals surface area contributed by atoms with E-state index in [1.807, 2.05) is 0 Å². The maximum absolute atomic E-state index is 11.4. The molecule has 1 aromatic rings. The van der Waals surface area contributed by atoms with Crippen LogP contribution >= 0.6 is 11.6 Å². The topological polar surface area (TPSA) is 39.4 Å². The lowest BCUT2D eigenvalue weighted by Gasteiger charge is -2.25. The second kappa shape index (κ2) is 4.05. The average Bonchev–Trinajstić information content (AvgIpc) is 2.67. The summed E-state index contributed by atoms with van der Waals surface area (Å²) >= 11 is 6.12. The second-order valence-corrected chi connectivity index (χ2v) is 4.03. The third kappa shape index (κ3) is 1.93. The molecule has 0 radical (unpaired) electrons. The van der Waals surface area contributed by atoms with Crippen molar-refractivity contribution >= 4 is 17.6 Å². The van der Waals surface area contributed by atoms with Gasteiger partial charge in [-0.05, 0) is 26.0 Å². The molecule has 0 amide bonds. The van der Waals surface area contributed by atoms with Gasteiger partial charge in [0, 0.05) is 0 Å². The van der Waals surface area contributed by atoms with Crippen molar-refractivity contribution in [3.8, 4) is 0 Å². The van der Waals surface area contributed by atoms with Crippen molar-refractivity contribution in [2.45, 2.75) is 19.2 Å². The first kappa shape index (κ1) is 11.1. The molecule has 14 heavy (non-hydrogen) atoms. The van der Waals surface area contributed by atoms with E-state index in [0.717, 1.165) is 0 Å². The molecule has 1 aromatic heterocycles. The highest BCUT2D eigenvalue weighted by Gasteiger charge is 2.39. The normalized spacial score (nSPS) is 13.7. The van der Waals surface area contributed by atoms with Crippen LogP contribution in [-0.2, 0) is 9.53 Å². The van der Waals surface area contributed by atoms with E-state index in [1.54, 1.807) is 26.0 Å². The van der Waals surface area contributed by atoms with E-state index < -0.39 is 10.8 Å². The number of halogens is 1. The van der Waals surface area contributed by atoms with Gasteiger partial charge in [-0.1, -0.05) is 0 Å². The van der Waals surface area contributed by atoms with Gasteiger partial charge < -0.3 is 9.15 Å². The molecule has 0 saturated heterocycles. The van der Waals surface area contributed by atoms with Crippen molar-refractivity contribution in [2.24, 2.45) is 5.41 Å². The molecular formula is C10H13ClO3. The van der Waals surface area contributed by atoms with Crippen LogP contribution in [0.25, 0.3) is 0 Å². The molecule has 0 N–H and O–H groups in total. The Bertz CT molecular complexity index is 303. The van der Waals surface area contributed by atoms with E-state index in [-0.39, 0.29) is 5.97 Å². The smallest absolute Gasteiger partial charge is 0.313 e. The van der Waals surface area contributed by atoms with Crippen LogP contribution in [0.3, 0.4) is 0 Å². The number of esters is 1. The summed E-state index contributed by atoms with van der Waals surface area (Å²) in [4.78, 5) is 11.4. The molecule has 1 rings (SSSR count). The van der Waals surface area contributed by atoms with Gasteiger partial charge in [-0.15, -0.1) is 11.6 Å². The van der Waals surface area contributed by atoms with Gasteiger partial charge >= 0.3 is 5.97 Å². The van der Waals surface area contributed by atoms with E-state index >= 15 is 0 Å². The van der Waals surface area contributed by atoms with Gasteiger partial charge in [0.25, 0.3) is 0 Å². The summed E-state index contributed by atoms with van der Waals surface area (Å²) in [5, 5.41) is -0.523. The van der Waals surface area contributed by atoms with E-state index in [2.05, 4.69) is 4.74 Å². The molecule has 0 spiro atoms. The summed E-state index contributed by atoms with van der Waals surface area (Å²) in [5.74, 6) is 0.218. The van der Waals surface area contributed by atoms with Gasteiger partial charge in [-0.2, -0.15) is 0 Å². The number of hydrogen-bond acceptors (Lipinski definition) is 3. The molecule has 1 atom stereocenters. The second-order valence-electron chi connectivity index (χ2n) is 3.59. The number of furan rings is 1. The lowest BCUT2D eigenvalue weighted by atomic mass is 9.88. The van der Waals surface area contributed by atoms with Gasteiger partial charge in [0.1, 0.15) is 11.1 Å². The summed E-state index contributed by atoms with van der Waals surface area (Å²) in [6.45, 7) is 3.44. The Hall–Kier alpha value is -0.960. The van der Waals surface area contributed by atoms with Crippen molar-refractivity contribution in [1.82, 2.24) is 0 Å². The quantitative estimate of drug-likeness (QED) is 0.576. The van der Waals surface area contributed by atoms with Crippen LogP contribution in [0.1, 0.15) is 25.0 Å². The highest BCUT2D eigenvalue weighted by atomic mass is 35.5. The van der Waals surface area contributed by atoms with Crippen LogP contribution in [0, 0.1) is 5.41 Å². The van der Waals surface area contributed by atoms with Crippen LogP contribution in [0.4, 0.5) is 0 Å². The van der Waals surface area contributed by atoms with Crippen LogP contribution < -0.4 is 0 Å². The fraction of sp³-hybridized carbons (Fsp3) is 0.500. The third-order valence-corrected chi connectivity index (χ3v) is 2.90. The zero-order valence-corrected chi connectivity index (χ0v) is 9.17. The summed E-state index contributed by atoms with van der Waals surface area (Å²) in [5.41, 5.74) is -0.797. The number of carbonyl (C=O) groups excluding carboxylic acids is 1. The standard InChI is InChI=1S/C10H13ClO3/c1-10(2,9(12)13-3)8(11)7-5-4-6-14-7/h4-6,8H,1-3H3. The molecule has 0 bridgehead atoms. The Balaban J connectivity index is 2.88. The van der Waals surface area contributed by atoms with Crippen molar-refractivity contribution in [3.05, 3.63) is 24.2 Å². The zero-order chi connectivity index (χ0) is 10.8. The molecule has 0 aliphatic carbocycles. The summed E-state index contributed by atoms with van der Waals surface area (Å²) in [6, 6.07) is 3.47. The van der Waals surface area contributed by atoms with Crippen molar-refractivity contribution in [3.63, 3.8) is 0 Å². The summed E-state index contributed by atoms with van der Waals surface area (Å²) < 4.78 is 9.81. The predicted molar refractivity (Wildman–Crippen MR) is 53.1 cm³/mol. The van der Waals surface area contributed by atoms with E-state index in [1.165, 1.54) is 13.4 Å². The molecule has 1 unspecified atom stereocenters. The first-order valence-corrected chi connectivity index (χ1v) is 4.69. The molecule has 0 saturated carbocycles. The third-order valence-electron chi connectivity index (χ3n) is 2.14. The molecule has 78 valence electrons.